The van der Waals surface area contributed by atoms with Crippen LogP contribution in [0.3, 0.4) is 0 Å². The fourth-order valence-corrected chi connectivity index (χ4v) is 2.58. The Morgan fingerprint density at radius 2 is 2.04 bits per heavy atom. The number of rotatable bonds is 7. The first kappa shape index (κ1) is 22.2. The summed E-state index contributed by atoms with van der Waals surface area (Å²) < 4.78 is 10.1. The summed E-state index contributed by atoms with van der Waals surface area (Å²) in [5.74, 6) is -2.54. The molecule has 2 atom stereocenters. The van der Waals surface area contributed by atoms with Gasteiger partial charge in [-0.1, -0.05) is 6.92 Å². The molecule has 1 aromatic heterocycles. The Morgan fingerprint density at radius 3 is 2.44 bits per heavy atom. The molecule has 2 rings (SSSR count). The van der Waals surface area contributed by atoms with E-state index in [9.17, 15) is 14.7 Å². The lowest BCUT2D eigenvalue weighted by molar-refractivity contribution is -0.168. The highest BCUT2D eigenvalue weighted by Gasteiger charge is 2.51. The fraction of sp³-hybridized carbons (Fsp3) is 0.471. The van der Waals surface area contributed by atoms with E-state index < -0.39 is 23.5 Å². The number of methoxy groups -OCH3 is 1. The van der Waals surface area contributed by atoms with Gasteiger partial charge < -0.3 is 30.7 Å². The Labute approximate surface area is 157 Å². The molecule has 1 heterocycles. The predicted molar refractivity (Wildman–Crippen MR) is 98.2 cm³/mol. The standard InChI is InChI=1S/C12H17NO6.C5H9N3/c1-7-8(10(14)15)3-4-9(13)12(7,11(16)17)19-6-5-18-2;1-4-3-5(6-2)8-7-4/h3-4,7H,5-6,13H2,1-2H3,(H,14,15)(H,16,17);3H,1-2H3,(H2,6,7,8). The van der Waals surface area contributed by atoms with Crippen molar-refractivity contribution in [1.82, 2.24) is 10.2 Å². The highest BCUT2D eigenvalue weighted by Crippen LogP contribution is 2.36. The molecule has 0 aromatic carbocycles. The molecule has 150 valence electrons. The van der Waals surface area contributed by atoms with E-state index in [4.69, 9.17) is 20.3 Å². The Balaban J connectivity index is 0.000000377. The van der Waals surface area contributed by atoms with Gasteiger partial charge in [-0.25, -0.2) is 9.59 Å². The van der Waals surface area contributed by atoms with Crippen LogP contribution in [0, 0.1) is 12.8 Å². The molecule has 2 unspecified atom stereocenters. The number of anilines is 1. The summed E-state index contributed by atoms with van der Waals surface area (Å²) >= 11 is 0. The van der Waals surface area contributed by atoms with Gasteiger partial charge in [-0.05, 0) is 19.1 Å². The highest BCUT2D eigenvalue weighted by molar-refractivity contribution is 5.93. The van der Waals surface area contributed by atoms with Crippen LogP contribution in [-0.2, 0) is 19.1 Å². The Morgan fingerprint density at radius 1 is 1.37 bits per heavy atom. The molecule has 10 heteroatoms. The topological polar surface area (TPSA) is 160 Å². The number of aromatic amines is 1. The molecular formula is C17H26N4O6. The molecule has 0 aliphatic heterocycles. The van der Waals surface area contributed by atoms with Crippen molar-refractivity contribution in [2.75, 3.05) is 32.7 Å². The lowest BCUT2D eigenvalue weighted by Gasteiger charge is -2.37. The molecule has 0 amide bonds. The summed E-state index contributed by atoms with van der Waals surface area (Å²) in [5.41, 5.74) is 4.84. The molecule has 10 nitrogen and oxygen atoms in total. The van der Waals surface area contributed by atoms with Crippen molar-refractivity contribution in [2.45, 2.75) is 19.4 Å². The number of nitrogens with zero attached hydrogens (tertiary/aromatic N) is 1. The van der Waals surface area contributed by atoms with Crippen LogP contribution >= 0.6 is 0 Å². The van der Waals surface area contributed by atoms with Gasteiger partial charge in [0.05, 0.1) is 18.9 Å². The van der Waals surface area contributed by atoms with E-state index in [2.05, 4.69) is 15.5 Å². The van der Waals surface area contributed by atoms with E-state index in [-0.39, 0.29) is 24.5 Å². The van der Waals surface area contributed by atoms with Crippen molar-refractivity contribution in [3.8, 4) is 0 Å². The van der Waals surface area contributed by atoms with Gasteiger partial charge in [0.2, 0.25) is 5.60 Å². The third-order valence-corrected chi connectivity index (χ3v) is 4.09. The molecule has 27 heavy (non-hydrogen) atoms. The normalized spacial score (nSPS) is 21.4. The van der Waals surface area contributed by atoms with E-state index in [0.29, 0.717) is 0 Å². The van der Waals surface area contributed by atoms with Crippen LogP contribution in [0.15, 0.2) is 29.5 Å². The summed E-state index contributed by atoms with van der Waals surface area (Å²) in [7, 11) is 3.29. The van der Waals surface area contributed by atoms with Crippen LogP contribution in [0.1, 0.15) is 12.6 Å². The lowest BCUT2D eigenvalue weighted by atomic mass is 9.77. The van der Waals surface area contributed by atoms with Gasteiger partial charge in [-0.3, -0.25) is 5.10 Å². The van der Waals surface area contributed by atoms with Gasteiger partial charge in [0.15, 0.2) is 0 Å². The molecule has 6 N–H and O–H groups in total. The predicted octanol–water partition coefficient (Wildman–Crippen LogP) is 0.736. The quantitative estimate of drug-likeness (QED) is 0.428. The number of allylic oxidation sites excluding steroid dienone is 2. The number of carboxylic acids is 2. The molecule has 0 bridgehead atoms. The number of hydrogen-bond acceptors (Lipinski definition) is 7. The first-order chi connectivity index (χ1) is 12.7. The SMILES string of the molecule is CNc1cc(C)[nH]n1.COCCOC1(C(=O)O)C(N)=CC=C(C(=O)O)C1C. The zero-order valence-electron chi connectivity index (χ0n) is 15.8. The van der Waals surface area contributed by atoms with Crippen molar-refractivity contribution in [1.29, 1.82) is 0 Å². The van der Waals surface area contributed by atoms with Crippen molar-refractivity contribution in [3.63, 3.8) is 0 Å². The van der Waals surface area contributed by atoms with Crippen molar-refractivity contribution < 1.29 is 29.3 Å². The summed E-state index contributed by atoms with van der Waals surface area (Å²) in [6.07, 6.45) is 2.55. The van der Waals surface area contributed by atoms with Crippen LogP contribution in [0.5, 0.6) is 0 Å². The van der Waals surface area contributed by atoms with Gasteiger partial charge in [0.1, 0.15) is 5.82 Å². The maximum absolute atomic E-state index is 11.6. The van der Waals surface area contributed by atoms with Gasteiger partial charge in [-0.15, -0.1) is 0 Å². The molecular weight excluding hydrogens is 356 g/mol. The summed E-state index contributed by atoms with van der Waals surface area (Å²) in [6, 6.07) is 1.94. The van der Waals surface area contributed by atoms with E-state index in [1.54, 1.807) is 0 Å². The zero-order valence-corrected chi connectivity index (χ0v) is 15.8. The molecule has 0 fully saturated rings. The second-order valence-corrected chi connectivity index (χ2v) is 5.84. The number of aliphatic carboxylic acids is 2. The number of ether oxygens (including phenoxy) is 2. The van der Waals surface area contributed by atoms with Crippen LogP contribution in [-0.4, -0.2) is 65.3 Å². The summed E-state index contributed by atoms with van der Waals surface area (Å²) in [4.78, 5) is 22.7. The monoisotopic (exact) mass is 382 g/mol. The molecule has 1 aliphatic carbocycles. The third-order valence-electron chi connectivity index (χ3n) is 4.09. The summed E-state index contributed by atoms with van der Waals surface area (Å²) in [6.45, 7) is 3.60. The van der Waals surface area contributed by atoms with Crippen LogP contribution < -0.4 is 11.1 Å². The third kappa shape index (κ3) is 5.08. The highest BCUT2D eigenvalue weighted by atomic mass is 16.6. The van der Waals surface area contributed by atoms with E-state index in [0.717, 1.165) is 11.5 Å². The second kappa shape index (κ2) is 9.74. The van der Waals surface area contributed by atoms with Crippen molar-refractivity contribution in [3.05, 3.63) is 35.2 Å². The molecule has 0 saturated heterocycles. The number of carbonyl (C=O) groups is 2. The Kier molecular flexibility index (Phi) is 8.00. The van der Waals surface area contributed by atoms with E-state index >= 15 is 0 Å². The molecule has 0 radical (unpaired) electrons. The molecule has 0 spiro atoms. The Bertz CT molecular complexity index is 727. The van der Waals surface area contributed by atoms with Crippen molar-refractivity contribution in [2.24, 2.45) is 11.7 Å². The first-order valence-electron chi connectivity index (χ1n) is 8.17. The lowest BCUT2D eigenvalue weighted by Crippen LogP contribution is -2.54. The smallest absolute Gasteiger partial charge is 0.342 e. The number of hydrogen-bond donors (Lipinski definition) is 5. The van der Waals surface area contributed by atoms with Gasteiger partial charge >= 0.3 is 11.9 Å². The van der Waals surface area contributed by atoms with Gasteiger partial charge in [0, 0.05) is 37.4 Å². The number of H-pyrrole nitrogens is 1. The minimum Gasteiger partial charge on any atom is -0.479 e. The molecule has 0 saturated carbocycles. The second-order valence-electron chi connectivity index (χ2n) is 5.84. The Hall–Kier alpha value is -2.85. The minimum atomic E-state index is -1.87. The van der Waals surface area contributed by atoms with Crippen LogP contribution in [0.2, 0.25) is 0 Å². The van der Waals surface area contributed by atoms with E-state index in [1.807, 2.05) is 20.0 Å². The number of aryl methyl sites for hydroxylation is 1. The first-order valence-corrected chi connectivity index (χ1v) is 8.17. The average Bonchev–Trinajstić information content (AvgIpc) is 3.03. The maximum atomic E-state index is 11.6. The molecule has 1 aliphatic rings. The van der Waals surface area contributed by atoms with Crippen LogP contribution in [0.25, 0.3) is 0 Å². The number of carboxylic acid groups (broad SMARTS) is 2. The van der Waals surface area contributed by atoms with Crippen LogP contribution in [0.4, 0.5) is 5.82 Å². The summed E-state index contributed by atoms with van der Waals surface area (Å²) in [5, 5.41) is 28.1. The minimum absolute atomic E-state index is 0.00538. The fourth-order valence-electron chi connectivity index (χ4n) is 2.58. The van der Waals surface area contributed by atoms with E-state index in [1.165, 1.54) is 26.2 Å². The zero-order chi connectivity index (χ0) is 20.6. The number of aromatic nitrogens is 2. The largest absolute Gasteiger partial charge is 0.479 e. The average molecular weight is 382 g/mol. The molecule has 1 aromatic rings. The number of nitrogens with two attached hydrogens (primary N) is 1. The number of nitrogens with one attached hydrogen (secondary N) is 2. The maximum Gasteiger partial charge on any atom is 0.342 e. The van der Waals surface area contributed by atoms with Gasteiger partial charge in [0.25, 0.3) is 0 Å². The van der Waals surface area contributed by atoms with Crippen molar-refractivity contribution >= 4 is 17.8 Å². The van der Waals surface area contributed by atoms with Gasteiger partial charge in [-0.2, -0.15) is 5.10 Å².